The van der Waals surface area contributed by atoms with Crippen LogP contribution in [0.1, 0.15) is 31.4 Å². The predicted molar refractivity (Wildman–Crippen MR) is 137 cm³/mol. The van der Waals surface area contributed by atoms with Crippen LogP contribution in [0.3, 0.4) is 0 Å². The zero-order valence-corrected chi connectivity index (χ0v) is 20.9. The van der Waals surface area contributed by atoms with E-state index in [4.69, 9.17) is 9.47 Å². The molecule has 0 radical (unpaired) electrons. The van der Waals surface area contributed by atoms with Crippen LogP contribution >= 0.6 is 0 Å². The Balaban J connectivity index is 1.88. The second-order valence-electron chi connectivity index (χ2n) is 8.64. The molecule has 36 heavy (non-hydrogen) atoms. The Labute approximate surface area is 212 Å². The number of ether oxygens (including phenoxy) is 2. The van der Waals surface area contributed by atoms with Crippen molar-refractivity contribution in [1.29, 1.82) is 0 Å². The topological polar surface area (TPSA) is 67.9 Å². The highest BCUT2D eigenvalue weighted by atomic mass is 19.1. The van der Waals surface area contributed by atoms with Crippen molar-refractivity contribution in [3.05, 3.63) is 95.8 Å². The van der Waals surface area contributed by atoms with Gasteiger partial charge in [-0.15, -0.1) is 0 Å². The molecule has 0 fully saturated rings. The molecule has 0 unspecified atom stereocenters. The molecule has 190 valence electrons. The number of nitrogens with zero attached hydrogens (tertiary/aromatic N) is 1. The van der Waals surface area contributed by atoms with Crippen LogP contribution in [0.2, 0.25) is 0 Å². The largest absolute Gasteiger partial charge is 0.497 e. The van der Waals surface area contributed by atoms with Crippen molar-refractivity contribution < 1.29 is 23.5 Å². The maximum Gasteiger partial charge on any atom is 0.261 e. The summed E-state index contributed by atoms with van der Waals surface area (Å²) in [5.74, 6) is 0.226. The summed E-state index contributed by atoms with van der Waals surface area (Å²) in [4.78, 5) is 28.5. The molecule has 7 heteroatoms. The fourth-order valence-corrected chi connectivity index (χ4v) is 3.68. The van der Waals surface area contributed by atoms with Crippen molar-refractivity contribution in [3.63, 3.8) is 0 Å². The highest BCUT2D eigenvalue weighted by molar-refractivity contribution is 5.88. The maximum atomic E-state index is 13.5. The van der Waals surface area contributed by atoms with E-state index in [1.54, 1.807) is 43.5 Å². The summed E-state index contributed by atoms with van der Waals surface area (Å²) < 4.78 is 24.4. The average molecular weight is 493 g/mol. The fourth-order valence-electron chi connectivity index (χ4n) is 3.68. The molecule has 0 saturated heterocycles. The SMILES string of the molecule is CC[C@@H](C)NC(=O)[C@@H](Cc1ccccc1)N(Cc1ccc(F)cc1)C(=O)COc1ccc(OC)cc1. The van der Waals surface area contributed by atoms with Gasteiger partial charge >= 0.3 is 0 Å². The molecule has 0 spiro atoms. The zero-order valence-electron chi connectivity index (χ0n) is 20.9. The van der Waals surface area contributed by atoms with Gasteiger partial charge in [-0.05, 0) is 60.9 Å². The number of hydrogen-bond acceptors (Lipinski definition) is 4. The van der Waals surface area contributed by atoms with E-state index in [1.807, 2.05) is 44.2 Å². The number of carbonyl (C=O) groups excluding carboxylic acids is 2. The predicted octanol–water partition coefficient (Wildman–Crippen LogP) is 4.77. The van der Waals surface area contributed by atoms with Crippen LogP contribution in [0.5, 0.6) is 11.5 Å². The summed E-state index contributed by atoms with van der Waals surface area (Å²) in [6, 6.07) is 21.6. The second-order valence-corrected chi connectivity index (χ2v) is 8.64. The van der Waals surface area contributed by atoms with Crippen LogP contribution in [0, 0.1) is 5.82 Å². The highest BCUT2D eigenvalue weighted by Crippen LogP contribution is 2.19. The van der Waals surface area contributed by atoms with Crippen LogP contribution in [0.25, 0.3) is 0 Å². The summed E-state index contributed by atoms with van der Waals surface area (Å²) >= 11 is 0. The Morgan fingerprint density at radius 1 is 0.917 bits per heavy atom. The van der Waals surface area contributed by atoms with Crippen molar-refractivity contribution in [2.45, 2.75) is 45.3 Å². The van der Waals surface area contributed by atoms with Crippen LogP contribution in [0.15, 0.2) is 78.9 Å². The van der Waals surface area contributed by atoms with E-state index >= 15 is 0 Å². The maximum absolute atomic E-state index is 13.5. The van der Waals surface area contributed by atoms with E-state index in [9.17, 15) is 14.0 Å². The monoisotopic (exact) mass is 492 g/mol. The number of hydrogen-bond donors (Lipinski definition) is 1. The Morgan fingerprint density at radius 2 is 1.56 bits per heavy atom. The number of methoxy groups -OCH3 is 1. The lowest BCUT2D eigenvalue weighted by atomic mass is 10.0. The highest BCUT2D eigenvalue weighted by Gasteiger charge is 2.31. The number of halogens is 1. The second kappa shape index (κ2) is 13.3. The van der Waals surface area contributed by atoms with Crippen molar-refractivity contribution in [2.75, 3.05) is 13.7 Å². The van der Waals surface area contributed by atoms with Gasteiger partial charge in [0.1, 0.15) is 23.4 Å². The van der Waals surface area contributed by atoms with Crippen LogP contribution in [0.4, 0.5) is 4.39 Å². The molecule has 3 aromatic rings. The molecule has 0 heterocycles. The molecule has 3 aromatic carbocycles. The number of rotatable bonds is 12. The van der Waals surface area contributed by atoms with Gasteiger partial charge in [-0.2, -0.15) is 0 Å². The first-order valence-corrected chi connectivity index (χ1v) is 12.0. The van der Waals surface area contributed by atoms with Gasteiger partial charge in [-0.3, -0.25) is 9.59 Å². The summed E-state index contributed by atoms with van der Waals surface area (Å²) in [5.41, 5.74) is 1.64. The number of carbonyl (C=O) groups is 2. The van der Waals surface area contributed by atoms with E-state index in [0.717, 1.165) is 12.0 Å². The van der Waals surface area contributed by atoms with E-state index in [0.29, 0.717) is 23.5 Å². The fraction of sp³-hybridized carbons (Fsp3) is 0.310. The van der Waals surface area contributed by atoms with Crippen LogP contribution < -0.4 is 14.8 Å². The summed E-state index contributed by atoms with van der Waals surface area (Å²) in [7, 11) is 1.57. The van der Waals surface area contributed by atoms with Gasteiger partial charge < -0.3 is 19.7 Å². The number of amides is 2. The molecule has 1 N–H and O–H groups in total. The summed E-state index contributed by atoms with van der Waals surface area (Å²) in [5, 5.41) is 3.02. The smallest absolute Gasteiger partial charge is 0.261 e. The first kappa shape index (κ1) is 26.7. The molecule has 0 aromatic heterocycles. The number of benzene rings is 3. The normalized spacial score (nSPS) is 12.3. The van der Waals surface area contributed by atoms with Gasteiger partial charge in [-0.25, -0.2) is 4.39 Å². The van der Waals surface area contributed by atoms with Gasteiger partial charge in [0.05, 0.1) is 7.11 Å². The first-order chi connectivity index (χ1) is 17.4. The third kappa shape index (κ3) is 7.83. The molecular formula is C29H33FN2O4. The van der Waals surface area contributed by atoms with Crippen molar-refractivity contribution >= 4 is 11.8 Å². The summed E-state index contributed by atoms with van der Waals surface area (Å²) in [6.07, 6.45) is 1.09. The molecule has 0 saturated carbocycles. The van der Waals surface area contributed by atoms with Crippen molar-refractivity contribution in [1.82, 2.24) is 10.2 Å². The van der Waals surface area contributed by atoms with Crippen molar-refractivity contribution in [3.8, 4) is 11.5 Å². The quantitative estimate of drug-likeness (QED) is 0.396. The lowest BCUT2D eigenvalue weighted by Crippen LogP contribution is -2.53. The first-order valence-electron chi connectivity index (χ1n) is 12.0. The molecule has 0 aliphatic carbocycles. The average Bonchev–Trinajstić information content (AvgIpc) is 2.91. The minimum Gasteiger partial charge on any atom is -0.497 e. The van der Waals surface area contributed by atoms with Crippen LogP contribution in [-0.4, -0.2) is 42.5 Å². The Bertz CT molecular complexity index is 1100. The summed E-state index contributed by atoms with van der Waals surface area (Å²) in [6.45, 7) is 3.80. The molecule has 2 amide bonds. The minimum atomic E-state index is -0.779. The third-order valence-corrected chi connectivity index (χ3v) is 5.96. The minimum absolute atomic E-state index is 0.0471. The van der Waals surface area contributed by atoms with E-state index < -0.39 is 6.04 Å². The molecule has 3 rings (SSSR count). The third-order valence-electron chi connectivity index (χ3n) is 5.96. The molecular weight excluding hydrogens is 459 g/mol. The van der Waals surface area contributed by atoms with Crippen LogP contribution in [-0.2, 0) is 22.6 Å². The molecule has 0 bridgehead atoms. The van der Waals surface area contributed by atoms with Crippen molar-refractivity contribution in [2.24, 2.45) is 0 Å². The van der Waals surface area contributed by atoms with E-state index in [2.05, 4.69) is 5.32 Å². The standard InChI is InChI=1S/C29H33FN2O4/c1-4-21(2)31-29(34)27(18-22-8-6-5-7-9-22)32(19-23-10-12-24(30)13-11-23)28(33)20-36-26-16-14-25(35-3)15-17-26/h5-17,21,27H,4,18-20H2,1-3H3,(H,31,34)/t21-,27-/m1/s1. The molecule has 0 aliphatic heterocycles. The van der Waals surface area contributed by atoms with Gasteiger partial charge in [0.25, 0.3) is 5.91 Å². The zero-order chi connectivity index (χ0) is 25.9. The lowest BCUT2D eigenvalue weighted by Gasteiger charge is -2.32. The molecule has 2 atom stereocenters. The Hall–Kier alpha value is -3.87. The van der Waals surface area contributed by atoms with Gasteiger partial charge in [0.2, 0.25) is 5.91 Å². The van der Waals surface area contributed by atoms with E-state index in [1.165, 1.54) is 17.0 Å². The lowest BCUT2D eigenvalue weighted by molar-refractivity contribution is -0.143. The van der Waals surface area contributed by atoms with E-state index in [-0.39, 0.29) is 36.8 Å². The molecule has 6 nitrogen and oxygen atoms in total. The Morgan fingerprint density at radius 3 is 2.17 bits per heavy atom. The molecule has 0 aliphatic rings. The number of nitrogens with one attached hydrogen (secondary N) is 1. The van der Waals surface area contributed by atoms with Gasteiger partial charge in [0.15, 0.2) is 6.61 Å². The van der Waals surface area contributed by atoms with Gasteiger partial charge in [-0.1, -0.05) is 49.4 Å². The van der Waals surface area contributed by atoms with Gasteiger partial charge in [0, 0.05) is 19.0 Å². The Kier molecular flexibility index (Phi) is 9.86.